The lowest BCUT2D eigenvalue weighted by molar-refractivity contribution is 0.429. The number of hydrogen-bond acceptors (Lipinski definition) is 3. The minimum atomic E-state index is -0.0661. The molecule has 14 heavy (non-hydrogen) atoms. The van der Waals surface area contributed by atoms with Gasteiger partial charge in [-0.25, -0.2) is 4.98 Å². The minimum absolute atomic E-state index is 0.0661. The highest BCUT2D eigenvalue weighted by Gasteiger charge is 2.19. The molecular weight excluding hydrogens is 176 g/mol. The van der Waals surface area contributed by atoms with Crippen LogP contribution >= 0.6 is 0 Å². The third-order valence-electron chi connectivity index (χ3n) is 2.92. The molecular formula is C10H18N4. The number of hydrogen-bond donors (Lipinski definition) is 2. The molecule has 4 heteroatoms. The van der Waals surface area contributed by atoms with Gasteiger partial charge in [-0.2, -0.15) is 5.10 Å². The average Bonchev–Trinajstić information content (AvgIpc) is 2.68. The lowest BCUT2D eigenvalue weighted by Gasteiger charge is -2.18. The first kappa shape index (κ1) is 9.65. The van der Waals surface area contributed by atoms with Crippen LogP contribution in [0.1, 0.15) is 62.6 Å². The van der Waals surface area contributed by atoms with Crippen molar-refractivity contribution in [3.8, 4) is 0 Å². The molecule has 1 aromatic heterocycles. The van der Waals surface area contributed by atoms with Crippen molar-refractivity contribution < 1.29 is 0 Å². The lowest BCUT2D eigenvalue weighted by Crippen LogP contribution is -2.08. The van der Waals surface area contributed by atoms with Gasteiger partial charge in [0, 0.05) is 5.92 Å². The van der Waals surface area contributed by atoms with Crippen LogP contribution < -0.4 is 5.73 Å². The molecule has 1 fully saturated rings. The van der Waals surface area contributed by atoms with E-state index in [1.54, 1.807) is 0 Å². The molecule has 1 heterocycles. The van der Waals surface area contributed by atoms with E-state index in [9.17, 15) is 0 Å². The zero-order valence-corrected chi connectivity index (χ0v) is 8.66. The molecule has 0 aromatic carbocycles. The molecule has 0 radical (unpaired) electrons. The largest absolute Gasteiger partial charge is 0.321 e. The molecule has 1 atom stereocenters. The maximum absolute atomic E-state index is 5.71. The van der Waals surface area contributed by atoms with Gasteiger partial charge in [-0.05, 0) is 19.8 Å². The van der Waals surface area contributed by atoms with Crippen LogP contribution in [0.5, 0.6) is 0 Å². The molecule has 3 N–H and O–H groups in total. The normalized spacial score (nSPS) is 21.0. The average molecular weight is 194 g/mol. The third kappa shape index (κ3) is 1.95. The molecule has 2 rings (SSSR count). The molecule has 1 aromatic rings. The number of nitrogens with two attached hydrogens (primary N) is 1. The summed E-state index contributed by atoms with van der Waals surface area (Å²) < 4.78 is 0. The Hall–Kier alpha value is -0.900. The highest BCUT2D eigenvalue weighted by Crippen LogP contribution is 2.30. The number of nitrogens with one attached hydrogen (secondary N) is 1. The van der Waals surface area contributed by atoms with Gasteiger partial charge in [0.1, 0.15) is 5.82 Å². The predicted molar refractivity (Wildman–Crippen MR) is 54.8 cm³/mol. The fourth-order valence-corrected chi connectivity index (χ4v) is 2.05. The summed E-state index contributed by atoms with van der Waals surface area (Å²) in [6.07, 6.45) is 6.49. The summed E-state index contributed by atoms with van der Waals surface area (Å²) in [7, 11) is 0. The summed E-state index contributed by atoms with van der Waals surface area (Å²) in [5, 5.41) is 7.15. The summed E-state index contributed by atoms with van der Waals surface area (Å²) in [6, 6.07) is -0.0661. The van der Waals surface area contributed by atoms with E-state index in [2.05, 4.69) is 15.2 Å². The van der Waals surface area contributed by atoms with E-state index >= 15 is 0 Å². The van der Waals surface area contributed by atoms with Crippen LogP contribution in [0.2, 0.25) is 0 Å². The second-order valence-corrected chi connectivity index (χ2v) is 4.20. The van der Waals surface area contributed by atoms with Crippen molar-refractivity contribution in [1.29, 1.82) is 0 Å². The molecule has 0 amide bonds. The predicted octanol–water partition coefficient (Wildman–Crippen LogP) is 1.87. The van der Waals surface area contributed by atoms with Crippen molar-refractivity contribution in [3.05, 3.63) is 11.6 Å². The number of aromatic nitrogens is 3. The molecule has 0 bridgehead atoms. The van der Waals surface area contributed by atoms with Gasteiger partial charge in [-0.1, -0.05) is 19.3 Å². The number of H-pyrrole nitrogens is 1. The minimum Gasteiger partial charge on any atom is -0.321 e. The van der Waals surface area contributed by atoms with Crippen molar-refractivity contribution in [1.82, 2.24) is 15.2 Å². The van der Waals surface area contributed by atoms with Crippen LogP contribution in [-0.2, 0) is 0 Å². The standard InChI is InChI=1S/C10H18N4/c1-7(11)9-12-10(14-13-9)8-5-3-2-4-6-8/h7-8H,2-6,11H2,1H3,(H,12,13,14)/t7-/m1/s1. The van der Waals surface area contributed by atoms with Crippen molar-refractivity contribution in [2.45, 2.75) is 51.0 Å². The van der Waals surface area contributed by atoms with Gasteiger partial charge in [0.15, 0.2) is 5.82 Å². The molecule has 0 aliphatic heterocycles. The van der Waals surface area contributed by atoms with Gasteiger partial charge in [0.05, 0.1) is 6.04 Å². The number of aromatic amines is 1. The van der Waals surface area contributed by atoms with Crippen LogP contribution in [-0.4, -0.2) is 15.2 Å². The van der Waals surface area contributed by atoms with Crippen molar-refractivity contribution in [2.24, 2.45) is 5.73 Å². The Morgan fingerprint density at radius 3 is 2.64 bits per heavy atom. The Bertz CT molecular complexity index is 286. The summed E-state index contributed by atoms with van der Waals surface area (Å²) in [5.74, 6) is 2.37. The molecule has 4 nitrogen and oxygen atoms in total. The molecule has 0 spiro atoms. The summed E-state index contributed by atoms with van der Waals surface area (Å²) in [5.41, 5.74) is 5.71. The Labute approximate surface area is 84.3 Å². The molecule has 1 aliphatic carbocycles. The first-order valence-corrected chi connectivity index (χ1v) is 5.45. The van der Waals surface area contributed by atoms with Crippen molar-refractivity contribution in [2.75, 3.05) is 0 Å². The Balaban J connectivity index is 2.07. The van der Waals surface area contributed by atoms with E-state index in [0.717, 1.165) is 11.6 Å². The zero-order chi connectivity index (χ0) is 9.97. The maximum Gasteiger partial charge on any atom is 0.167 e. The van der Waals surface area contributed by atoms with Crippen LogP contribution in [0.4, 0.5) is 0 Å². The van der Waals surface area contributed by atoms with Crippen molar-refractivity contribution >= 4 is 0 Å². The second-order valence-electron chi connectivity index (χ2n) is 4.20. The Kier molecular flexibility index (Phi) is 2.82. The topological polar surface area (TPSA) is 67.6 Å². The third-order valence-corrected chi connectivity index (χ3v) is 2.92. The van der Waals surface area contributed by atoms with Crippen LogP contribution in [0.25, 0.3) is 0 Å². The van der Waals surface area contributed by atoms with Crippen LogP contribution in [0.3, 0.4) is 0 Å². The quantitative estimate of drug-likeness (QED) is 0.755. The van der Waals surface area contributed by atoms with E-state index < -0.39 is 0 Å². The van der Waals surface area contributed by atoms with Gasteiger partial charge < -0.3 is 5.73 Å². The highest BCUT2D eigenvalue weighted by molar-refractivity contribution is 5.01. The van der Waals surface area contributed by atoms with Crippen LogP contribution in [0.15, 0.2) is 0 Å². The number of rotatable bonds is 2. The summed E-state index contributed by atoms with van der Waals surface area (Å²) in [6.45, 7) is 1.91. The maximum atomic E-state index is 5.71. The van der Waals surface area contributed by atoms with E-state index in [-0.39, 0.29) is 6.04 Å². The molecule has 0 unspecified atom stereocenters. The number of nitrogens with zero attached hydrogens (tertiary/aromatic N) is 2. The van der Waals surface area contributed by atoms with Gasteiger partial charge in [0.25, 0.3) is 0 Å². The molecule has 1 saturated carbocycles. The molecule has 78 valence electrons. The van der Waals surface area contributed by atoms with E-state index in [1.165, 1.54) is 32.1 Å². The summed E-state index contributed by atoms with van der Waals surface area (Å²) in [4.78, 5) is 4.44. The summed E-state index contributed by atoms with van der Waals surface area (Å²) >= 11 is 0. The molecule has 0 saturated heterocycles. The van der Waals surface area contributed by atoms with Crippen LogP contribution in [0, 0.1) is 0 Å². The fraction of sp³-hybridized carbons (Fsp3) is 0.800. The van der Waals surface area contributed by atoms with Gasteiger partial charge in [-0.15, -0.1) is 0 Å². The van der Waals surface area contributed by atoms with Gasteiger partial charge >= 0.3 is 0 Å². The van der Waals surface area contributed by atoms with E-state index in [0.29, 0.717) is 5.92 Å². The van der Waals surface area contributed by atoms with E-state index in [4.69, 9.17) is 5.73 Å². The van der Waals surface area contributed by atoms with Gasteiger partial charge in [-0.3, -0.25) is 5.10 Å². The SMILES string of the molecule is C[C@@H](N)c1n[nH]c(C2CCCCC2)n1. The first-order chi connectivity index (χ1) is 6.77. The Morgan fingerprint density at radius 2 is 2.07 bits per heavy atom. The van der Waals surface area contributed by atoms with Gasteiger partial charge in [0.2, 0.25) is 0 Å². The van der Waals surface area contributed by atoms with Crippen molar-refractivity contribution in [3.63, 3.8) is 0 Å². The molecule has 1 aliphatic rings. The first-order valence-electron chi connectivity index (χ1n) is 5.45. The zero-order valence-electron chi connectivity index (χ0n) is 8.66. The second kappa shape index (κ2) is 4.09. The Morgan fingerprint density at radius 1 is 1.36 bits per heavy atom. The highest BCUT2D eigenvalue weighted by atomic mass is 15.2. The fourth-order valence-electron chi connectivity index (χ4n) is 2.05. The smallest absolute Gasteiger partial charge is 0.167 e. The van der Waals surface area contributed by atoms with E-state index in [1.807, 2.05) is 6.92 Å². The lowest BCUT2D eigenvalue weighted by atomic mass is 9.89. The monoisotopic (exact) mass is 194 g/mol.